The van der Waals surface area contributed by atoms with Gasteiger partial charge in [0.15, 0.2) is 0 Å². The van der Waals surface area contributed by atoms with Crippen LogP contribution in [0.1, 0.15) is 44.5 Å². The summed E-state index contributed by atoms with van der Waals surface area (Å²) in [4.78, 5) is 0. The van der Waals surface area contributed by atoms with E-state index in [1.165, 1.54) is 143 Å². The van der Waals surface area contributed by atoms with Gasteiger partial charge in [-0.15, -0.1) is 0 Å². The molecule has 0 heteroatoms. The van der Waals surface area contributed by atoms with Gasteiger partial charge in [-0.1, -0.05) is 416 Å². The highest BCUT2D eigenvalue weighted by atomic mass is 14.1. The molecule has 0 aliphatic rings. The Labute approximate surface area is 582 Å². The van der Waals surface area contributed by atoms with Crippen LogP contribution in [0.5, 0.6) is 0 Å². The normalized spacial score (nSPS) is 10.2. The van der Waals surface area contributed by atoms with Crippen LogP contribution >= 0.6 is 0 Å². The van der Waals surface area contributed by atoms with Crippen molar-refractivity contribution >= 4 is 64.6 Å². The van der Waals surface area contributed by atoms with Gasteiger partial charge < -0.3 is 0 Å². The lowest BCUT2D eigenvalue weighted by molar-refractivity contribution is 1.46. The van der Waals surface area contributed by atoms with Gasteiger partial charge in [0.1, 0.15) is 0 Å². The minimum atomic E-state index is 1.28. The lowest BCUT2D eigenvalue weighted by Crippen LogP contribution is -1.81. The highest BCUT2D eigenvalue weighted by Gasteiger charge is 2.04. The number of rotatable bonds is 3. The number of fused-ring (bicyclic) bond motifs is 8. The minimum absolute atomic E-state index is 1.28. The van der Waals surface area contributed by atoms with Crippen LogP contribution in [0.25, 0.3) is 98.0 Å². The van der Waals surface area contributed by atoms with Gasteiger partial charge in [-0.2, -0.15) is 0 Å². The molecular formula is C98H88. The zero-order valence-electron chi connectivity index (χ0n) is 58.0. The van der Waals surface area contributed by atoms with E-state index in [4.69, 9.17) is 0 Å². The van der Waals surface area contributed by atoms with Crippen LogP contribution in [0.2, 0.25) is 0 Å². The first kappa shape index (κ1) is 69.1. The van der Waals surface area contributed by atoms with Gasteiger partial charge in [0.2, 0.25) is 0 Å². The Kier molecular flexibility index (Phi) is 25.2. The van der Waals surface area contributed by atoms with Crippen LogP contribution in [0.4, 0.5) is 0 Å². The van der Waals surface area contributed by atoms with Crippen LogP contribution in [-0.2, 0) is 0 Å². The molecular weight excluding hydrogens is 1180 g/mol. The molecule has 0 nitrogen and oxygen atoms in total. The SMILES string of the molecule is Cc1cc2ccccc2c2ccccc12.Cc1ccc(-c2ccccc2)cc1.Cc1ccc2c(ccc3ccccc32)c1.Cc1ccc2ccccc2c1.Cc1cccc(-c2ccccc2)c1.Cc1cccc2ccccc12.Cc1ccccc1.Cc1ccccc1-c1ccccc1. The van der Waals surface area contributed by atoms with E-state index in [0.29, 0.717) is 0 Å². The first-order valence-corrected chi connectivity index (χ1v) is 34.0. The van der Waals surface area contributed by atoms with Gasteiger partial charge in [0.25, 0.3) is 0 Å². The van der Waals surface area contributed by atoms with Gasteiger partial charge in [-0.05, 0) is 170 Å². The molecule has 98 heavy (non-hydrogen) atoms. The predicted molar refractivity (Wildman–Crippen MR) is 431 cm³/mol. The third-order valence-corrected chi connectivity index (χ3v) is 17.2. The molecule has 0 aliphatic carbocycles. The molecule has 0 heterocycles. The van der Waals surface area contributed by atoms with Gasteiger partial charge in [-0.3, -0.25) is 0 Å². The van der Waals surface area contributed by atoms with Crippen molar-refractivity contribution in [3.63, 3.8) is 0 Å². The molecule has 0 aliphatic heterocycles. The summed E-state index contributed by atoms with van der Waals surface area (Å²) in [6.45, 7) is 17.0. The molecule has 17 aromatic carbocycles. The van der Waals surface area contributed by atoms with Crippen LogP contribution in [0, 0.1) is 55.4 Å². The molecule has 0 unspecified atom stereocenters. The Morgan fingerprint density at radius 2 is 0.469 bits per heavy atom. The summed E-state index contributed by atoms with van der Waals surface area (Å²) in [5, 5.41) is 16.0. The first-order chi connectivity index (χ1) is 47.9. The second-order valence-electron chi connectivity index (χ2n) is 24.9. The summed E-state index contributed by atoms with van der Waals surface area (Å²) in [6, 6.07) is 136. The zero-order valence-corrected chi connectivity index (χ0v) is 58.0. The second kappa shape index (κ2) is 35.7. The summed E-state index contributed by atoms with van der Waals surface area (Å²) < 4.78 is 0. The Morgan fingerprint density at radius 3 is 1.06 bits per heavy atom. The molecule has 0 bridgehead atoms. The topological polar surface area (TPSA) is 0 Å². The molecule has 0 fully saturated rings. The van der Waals surface area contributed by atoms with Gasteiger partial charge in [-0.25, -0.2) is 0 Å². The molecule has 0 amide bonds. The van der Waals surface area contributed by atoms with E-state index in [-0.39, 0.29) is 0 Å². The van der Waals surface area contributed by atoms with Crippen molar-refractivity contribution in [3.05, 3.63) is 433 Å². The van der Waals surface area contributed by atoms with Crippen molar-refractivity contribution in [3.8, 4) is 33.4 Å². The summed E-state index contributed by atoms with van der Waals surface area (Å²) in [5.41, 5.74) is 18.4. The van der Waals surface area contributed by atoms with Crippen molar-refractivity contribution in [1.29, 1.82) is 0 Å². The molecule has 0 atom stereocenters. The third kappa shape index (κ3) is 19.9. The third-order valence-electron chi connectivity index (χ3n) is 17.2. The van der Waals surface area contributed by atoms with E-state index in [9.17, 15) is 0 Å². The smallest absolute Gasteiger partial charge is 0.0103 e. The molecule has 17 aromatic rings. The average molecular weight is 1270 g/mol. The fraction of sp³-hybridized carbons (Fsp3) is 0.0816. The second-order valence-corrected chi connectivity index (χ2v) is 24.9. The van der Waals surface area contributed by atoms with Crippen molar-refractivity contribution in [2.45, 2.75) is 55.4 Å². The molecule has 0 saturated carbocycles. The van der Waals surface area contributed by atoms with Crippen LogP contribution in [0.3, 0.4) is 0 Å². The maximum Gasteiger partial charge on any atom is -0.0103 e. The lowest BCUT2D eigenvalue weighted by Gasteiger charge is -2.06. The number of benzene rings is 17. The van der Waals surface area contributed by atoms with E-state index in [1.807, 2.05) is 36.4 Å². The van der Waals surface area contributed by atoms with E-state index in [0.717, 1.165) is 0 Å². The highest BCUT2D eigenvalue weighted by Crippen LogP contribution is 2.30. The van der Waals surface area contributed by atoms with Crippen molar-refractivity contribution in [2.24, 2.45) is 0 Å². The minimum Gasteiger partial charge on any atom is -0.0622 e. The van der Waals surface area contributed by atoms with E-state index >= 15 is 0 Å². The number of aryl methyl sites for hydroxylation is 8. The monoisotopic (exact) mass is 1260 g/mol. The molecule has 480 valence electrons. The molecule has 0 radical (unpaired) electrons. The van der Waals surface area contributed by atoms with Crippen molar-refractivity contribution in [1.82, 2.24) is 0 Å². The fourth-order valence-corrected chi connectivity index (χ4v) is 12.0. The molecule has 0 spiro atoms. The van der Waals surface area contributed by atoms with Crippen LogP contribution in [0.15, 0.2) is 388 Å². The molecule has 0 aromatic heterocycles. The first-order valence-electron chi connectivity index (χ1n) is 34.0. The Bertz CT molecular complexity index is 5250. The Morgan fingerprint density at radius 1 is 0.133 bits per heavy atom. The zero-order chi connectivity index (χ0) is 68.3. The summed E-state index contributed by atoms with van der Waals surface area (Å²) in [5.74, 6) is 0. The lowest BCUT2D eigenvalue weighted by atomic mass is 9.98. The number of hydrogen-bond donors (Lipinski definition) is 0. The van der Waals surface area contributed by atoms with Gasteiger partial charge in [0, 0.05) is 0 Å². The molecule has 17 rings (SSSR count). The largest absolute Gasteiger partial charge is 0.0622 e. The molecule has 0 saturated heterocycles. The standard InChI is InChI=1S/2C15H12.3C13H12.2C11H10.C7H8/c1-11-10-12-6-2-3-8-14(12)15-9-5-4-7-13(11)15;1-11-6-9-15-13(10-11)8-7-12-4-2-3-5-14(12)15;1-11-7-5-6-10-13(11)12-8-3-2-4-9-12;1-11-6-5-9-13(10-11)12-7-3-2-4-8-12;1-11-7-9-13(10-8-11)12-5-3-2-4-6-12;1-9-5-4-7-10-6-2-3-8-11(9)10;1-9-6-7-10-4-2-3-5-11(10)8-9;1-7-5-3-2-4-6-7/h2*2-10H,1H3;3*2-10H,1H3;2*2-8H,1H3;2-6H,1H3. The van der Waals surface area contributed by atoms with E-state index in [2.05, 4.69) is 407 Å². The van der Waals surface area contributed by atoms with E-state index < -0.39 is 0 Å². The van der Waals surface area contributed by atoms with Crippen LogP contribution in [-0.4, -0.2) is 0 Å². The maximum absolute atomic E-state index is 2.26. The quantitative estimate of drug-likeness (QED) is 0.155. The highest BCUT2D eigenvalue weighted by molar-refractivity contribution is 6.09. The maximum atomic E-state index is 2.26. The van der Waals surface area contributed by atoms with Crippen LogP contribution < -0.4 is 0 Å². The summed E-state index contributed by atoms with van der Waals surface area (Å²) in [6.07, 6.45) is 0. The predicted octanol–water partition coefficient (Wildman–Crippen LogP) is 27.9. The van der Waals surface area contributed by atoms with Gasteiger partial charge in [0.05, 0.1) is 0 Å². The Balaban J connectivity index is 0.000000122. The van der Waals surface area contributed by atoms with Crippen molar-refractivity contribution in [2.75, 3.05) is 0 Å². The summed E-state index contributed by atoms with van der Waals surface area (Å²) >= 11 is 0. The summed E-state index contributed by atoms with van der Waals surface area (Å²) in [7, 11) is 0. The van der Waals surface area contributed by atoms with Gasteiger partial charge >= 0.3 is 0 Å². The fourth-order valence-electron chi connectivity index (χ4n) is 12.0. The van der Waals surface area contributed by atoms with Crippen molar-refractivity contribution < 1.29 is 0 Å². The van der Waals surface area contributed by atoms with E-state index in [1.54, 1.807) is 0 Å². The average Bonchev–Trinajstić information content (AvgIpc) is 0.795. The Hall–Kier alpha value is -11.7. The molecule has 0 N–H and O–H groups in total. The number of hydrogen-bond acceptors (Lipinski definition) is 0.